The maximum absolute atomic E-state index is 5.36. The molecule has 92 valence electrons. The average Bonchev–Trinajstić information content (AvgIpc) is 2.83. The first-order valence-electron chi connectivity index (χ1n) is 5.31. The highest BCUT2D eigenvalue weighted by Gasteiger charge is 2.08. The lowest BCUT2D eigenvalue weighted by Gasteiger charge is -2.12. The third-order valence-electron chi connectivity index (χ3n) is 2.48. The van der Waals surface area contributed by atoms with Crippen LogP contribution in [0.4, 0.5) is 11.6 Å². The molecule has 4 N–H and O–H groups in total. The molecule has 7 heteroatoms. The van der Waals surface area contributed by atoms with Crippen LogP contribution in [0.1, 0.15) is 6.92 Å². The van der Waals surface area contributed by atoms with E-state index in [1.807, 2.05) is 17.5 Å². The van der Waals surface area contributed by atoms with Gasteiger partial charge in [-0.15, -0.1) is 0 Å². The van der Waals surface area contributed by atoms with Gasteiger partial charge in [0.25, 0.3) is 0 Å². The number of rotatable bonds is 5. The van der Waals surface area contributed by atoms with Gasteiger partial charge in [-0.3, -0.25) is 0 Å². The van der Waals surface area contributed by atoms with E-state index < -0.39 is 0 Å². The number of fused-ring (bicyclic) bond motifs is 1. The van der Waals surface area contributed by atoms with Crippen LogP contribution in [0.3, 0.4) is 0 Å². The molecule has 17 heavy (non-hydrogen) atoms. The van der Waals surface area contributed by atoms with Gasteiger partial charge >= 0.3 is 0 Å². The highest BCUT2D eigenvalue weighted by molar-refractivity contribution is 5.65. The molecule has 0 aliphatic carbocycles. The Morgan fingerprint density at radius 2 is 2.41 bits per heavy atom. The maximum Gasteiger partial charge on any atom is 0.180 e. The first-order valence-corrected chi connectivity index (χ1v) is 5.31. The number of nitrogens with zero attached hydrogens (tertiary/aromatic N) is 3. The van der Waals surface area contributed by atoms with E-state index in [0.717, 1.165) is 5.65 Å². The minimum Gasteiger partial charge on any atom is -0.380 e. The van der Waals surface area contributed by atoms with Crippen LogP contribution in [0.5, 0.6) is 0 Å². The lowest BCUT2D eigenvalue weighted by molar-refractivity contribution is 0.128. The smallest absolute Gasteiger partial charge is 0.180 e. The van der Waals surface area contributed by atoms with Gasteiger partial charge in [0.05, 0.1) is 12.3 Å². The van der Waals surface area contributed by atoms with E-state index in [-0.39, 0.29) is 6.10 Å². The summed E-state index contributed by atoms with van der Waals surface area (Å²) in [6, 6.07) is 0. The van der Waals surface area contributed by atoms with Crippen LogP contribution in [0, 0.1) is 0 Å². The van der Waals surface area contributed by atoms with Gasteiger partial charge in [-0.05, 0) is 6.92 Å². The summed E-state index contributed by atoms with van der Waals surface area (Å²) in [4.78, 5) is 8.54. The van der Waals surface area contributed by atoms with E-state index in [2.05, 4.69) is 20.7 Å². The Balaban J connectivity index is 2.27. The van der Waals surface area contributed by atoms with Gasteiger partial charge in [-0.1, -0.05) is 0 Å². The summed E-state index contributed by atoms with van der Waals surface area (Å²) in [5.41, 5.74) is 3.28. The molecule has 1 unspecified atom stereocenters. The monoisotopic (exact) mass is 236 g/mol. The number of methoxy groups -OCH3 is 1. The SMILES string of the molecule is COC(C)CNc1nc(NN)cn2ccnc12. The molecule has 0 aromatic carbocycles. The topological polar surface area (TPSA) is 89.5 Å². The number of aromatic nitrogens is 3. The van der Waals surface area contributed by atoms with Crippen molar-refractivity contribution in [1.29, 1.82) is 0 Å². The summed E-state index contributed by atoms with van der Waals surface area (Å²) in [5.74, 6) is 6.61. The Labute approximate surface area is 99.0 Å². The second-order valence-electron chi connectivity index (χ2n) is 3.70. The van der Waals surface area contributed by atoms with E-state index >= 15 is 0 Å². The molecule has 0 spiro atoms. The van der Waals surface area contributed by atoms with Crippen LogP contribution in [0.25, 0.3) is 5.65 Å². The zero-order valence-corrected chi connectivity index (χ0v) is 9.84. The molecule has 0 aliphatic rings. The van der Waals surface area contributed by atoms with Gasteiger partial charge in [0.2, 0.25) is 0 Å². The normalized spacial score (nSPS) is 12.6. The van der Waals surface area contributed by atoms with E-state index in [1.54, 1.807) is 19.5 Å². The first kappa shape index (κ1) is 11.6. The lowest BCUT2D eigenvalue weighted by atomic mass is 10.4. The Morgan fingerprint density at radius 1 is 1.59 bits per heavy atom. The second-order valence-corrected chi connectivity index (χ2v) is 3.70. The molecule has 2 heterocycles. The Kier molecular flexibility index (Phi) is 3.40. The number of ether oxygens (including phenoxy) is 1. The third-order valence-corrected chi connectivity index (χ3v) is 2.48. The van der Waals surface area contributed by atoms with Crippen molar-refractivity contribution in [2.75, 3.05) is 24.4 Å². The largest absolute Gasteiger partial charge is 0.380 e. The van der Waals surface area contributed by atoms with Gasteiger partial charge in [-0.2, -0.15) is 0 Å². The molecule has 0 radical (unpaired) electrons. The van der Waals surface area contributed by atoms with Crippen molar-refractivity contribution in [3.8, 4) is 0 Å². The van der Waals surface area contributed by atoms with Crippen LogP contribution in [0.15, 0.2) is 18.6 Å². The summed E-state index contributed by atoms with van der Waals surface area (Å²) >= 11 is 0. The van der Waals surface area contributed by atoms with Crippen molar-refractivity contribution in [1.82, 2.24) is 14.4 Å². The summed E-state index contributed by atoms with van der Waals surface area (Å²) in [5, 5.41) is 3.18. The molecule has 0 amide bonds. The minimum absolute atomic E-state index is 0.0984. The van der Waals surface area contributed by atoms with Crippen LogP contribution in [0.2, 0.25) is 0 Å². The molecule has 0 saturated carbocycles. The molecule has 0 bridgehead atoms. The second kappa shape index (κ2) is 4.98. The summed E-state index contributed by atoms with van der Waals surface area (Å²) < 4.78 is 7.01. The molecule has 2 aromatic rings. The van der Waals surface area contributed by atoms with Crippen LogP contribution < -0.4 is 16.6 Å². The third kappa shape index (κ3) is 2.45. The fourth-order valence-corrected chi connectivity index (χ4v) is 1.44. The number of nitrogens with one attached hydrogen (secondary N) is 2. The summed E-state index contributed by atoms with van der Waals surface area (Å²) in [6.45, 7) is 2.63. The van der Waals surface area contributed by atoms with Crippen molar-refractivity contribution in [2.45, 2.75) is 13.0 Å². The van der Waals surface area contributed by atoms with Crippen molar-refractivity contribution in [3.63, 3.8) is 0 Å². The number of hydrazine groups is 1. The standard InChI is InChI=1S/C10H16N6O/c1-7(17-2)5-13-9-10-12-3-4-16(10)6-8(14-9)15-11/h3-4,6-7,15H,5,11H2,1-2H3,(H,13,14). The molecular formula is C10H16N6O. The lowest BCUT2D eigenvalue weighted by Crippen LogP contribution is -2.20. The van der Waals surface area contributed by atoms with E-state index in [1.165, 1.54) is 0 Å². The highest BCUT2D eigenvalue weighted by atomic mass is 16.5. The Morgan fingerprint density at radius 3 is 3.12 bits per heavy atom. The van der Waals surface area contributed by atoms with Crippen molar-refractivity contribution in [2.24, 2.45) is 5.84 Å². The van der Waals surface area contributed by atoms with Crippen LogP contribution in [-0.2, 0) is 4.74 Å². The van der Waals surface area contributed by atoms with Crippen molar-refractivity contribution >= 4 is 17.3 Å². The van der Waals surface area contributed by atoms with Gasteiger partial charge in [0.1, 0.15) is 0 Å². The first-order chi connectivity index (χ1) is 8.24. The molecular weight excluding hydrogens is 220 g/mol. The number of anilines is 2. The zero-order valence-electron chi connectivity index (χ0n) is 9.84. The van der Waals surface area contributed by atoms with Gasteiger partial charge in [0.15, 0.2) is 17.3 Å². The number of hydrogen-bond donors (Lipinski definition) is 3. The van der Waals surface area contributed by atoms with Crippen LogP contribution >= 0.6 is 0 Å². The molecule has 2 rings (SSSR count). The average molecular weight is 236 g/mol. The maximum atomic E-state index is 5.36. The van der Waals surface area contributed by atoms with E-state index in [0.29, 0.717) is 18.2 Å². The highest BCUT2D eigenvalue weighted by Crippen LogP contribution is 2.15. The molecule has 0 fully saturated rings. The minimum atomic E-state index is 0.0984. The molecule has 2 aromatic heterocycles. The quantitative estimate of drug-likeness (QED) is 0.516. The van der Waals surface area contributed by atoms with Crippen LogP contribution in [-0.4, -0.2) is 34.1 Å². The Hall–Kier alpha value is -1.86. The number of imidazole rings is 1. The zero-order chi connectivity index (χ0) is 12.3. The fourth-order valence-electron chi connectivity index (χ4n) is 1.44. The van der Waals surface area contributed by atoms with Crippen molar-refractivity contribution < 1.29 is 4.74 Å². The summed E-state index contributed by atoms with van der Waals surface area (Å²) in [7, 11) is 1.67. The van der Waals surface area contributed by atoms with Gasteiger partial charge in [-0.25, -0.2) is 15.8 Å². The molecule has 0 saturated heterocycles. The predicted molar refractivity (Wildman–Crippen MR) is 65.8 cm³/mol. The Bertz CT molecular complexity index is 497. The molecule has 0 aliphatic heterocycles. The predicted octanol–water partition coefficient (Wildman–Crippen LogP) is 0.462. The number of nitrogens with two attached hydrogens (primary N) is 1. The number of nitrogen functional groups attached to an aromatic ring is 1. The van der Waals surface area contributed by atoms with Gasteiger partial charge in [0, 0.05) is 26.0 Å². The number of hydrogen-bond acceptors (Lipinski definition) is 6. The van der Waals surface area contributed by atoms with E-state index in [9.17, 15) is 0 Å². The molecule has 7 nitrogen and oxygen atoms in total. The summed E-state index contributed by atoms with van der Waals surface area (Å²) in [6.07, 6.45) is 5.42. The fraction of sp³-hybridized carbons (Fsp3) is 0.400. The molecule has 1 atom stereocenters. The van der Waals surface area contributed by atoms with Gasteiger partial charge < -0.3 is 19.9 Å². The van der Waals surface area contributed by atoms with E-state index in [4.69, 9.17) is 10.6 Å². The van der Waals surface area contributed by atoms with Crippen molar-refractivity contribution in [3.05, 3.63) is 18.6 Å².